The van der Waals surface area contributed by atoms with Crippen LogP contribution in [-0.4, -0.2) is 42.1 Å². The van der Waals surface area contributed by atoms with Gasteiger partial charge in [-0.15, -0.1) is 0 Å². The summed E-state index contributed by atoms with van der Waals surface area (Å²) >= 11 is 0. The Morgan fingerprint density at radius 1 is 1.08 bits per heavy atom. The summed E-state index contributed by atoms with van der Waals surface area (Å²) in [7, 11) is 1.63. The van der Waals surface area contributed by atoms with E-state index in [1.54, 1.807) is 31.1 Å². The standard InChI is InChI=1S/C19H22N2O4/c1-13-3-8-17(18(22)20-13)19(23)21-11-9-16(10-12-21)25-15-6-4-14(24-2)5-7-15/h3-8,16H,9-12H2,1-2H3,(H,20,22). The molecule has 2 aromatic rings. The van der Waals surface area contributed by atoms with Crippen molar-refractivity contribution in [1.82, 2.24) is 9.88 Å². The van der Waals surface area contributed by atoms with Crippen LogP contribution in [0.15, 0.2) is 41.2 Å². The highest BCUT2D eigenvalue weighted by Gasteiger charge is 2.26. The summed E-state index contributed by atoms with van der Waals surface area (Å²) in [5.74, 6) is 1.36. The Labute approximate surface area is 146 Å². The molecule has 6 nitrogen and oxygen atoms in total. The van der Waals surface area contributed by atoms with Crippen molar-refractivity contribution in [1.29, 1.82) is 0 Å². The maximum atomic E-state index is 12.5. The molecule has 1 aliphatic heterocycles. The number of benzene rings is 1. The lowest BCUT2D eigenvalue weighted by Gasteiger charge is -2.32. The summed E-state index contributed by atoms with van der Waals surface area (Å²) in [6.45, 7) is 2.94. The first-order chi connectivity index (χ1) is 12.1. The molecule has 2 heterocycles. The number of aromatic amines is 1. The zero-order chi connectivity index (χ0) is 17.8. The number of nitrogens with zero attached hydrogens (tertiary/aromatic N) is 1. The van der Waals surface area contributed by atoms with Crippen LogP contribution in [0.3, 0.4) is 0 Å². The Bertz CT molecular complexity index is 790. The van der Waals surface area contributed by atoms with Crippen LogP contribution in [0, 0.1) is 6.92 Å². The van der Waals surface area contributed by atoms with E-state index in [1.807, 2.05) is 24.3 Å². The summed E-state index contributed by atoms with van der Waals surface area (Å²) in [5, 5.41) is 0. The average molecular weight is 342 g/mol. The minimum absolute atomic E-state index is 0.0637. The van der Waals surface area contributed by atoms with Gasteiger partial charge in [0.2, 0.25) is 0 Å². The quantitative estimate of drug-likeness (QED) is 0.926. The van der Waals surface area contributed by atoms with Gasteiger partial charge in [-0.05, 0) is 43.3 Å². The molecular formula is C19H22N2O4. The molecular weight excluding hydrogens is 320 g/mol. The topological polar surface area (TPSA) is 71.6 Å². The lowest BCUT2D eigenvalue weighted by Crippen LogP contribution is -2.43. The number of hydrogen-bond acceptors (Lipinski definition) is 4. The van der Waals surface area contributed by atoms with Gasteiger partial charge in [-0.25, -0.2) is 0 Å². The first kappa shape index (κ1) is 17.1. The Balaban J connectivity index is 1.57. The number of nitrogens with one attached hydrogen (secondary N) is 1. The highest BCUT2D eigenvalue weighted by atomic mass is 16.5. The van der Waals surface area contributed by atoms with Crippen molar-refractivity contribution in [3.63, 3.8) is 0 Å². The summed E-state index contributed by atoms with van der Waals surface area (Å²) in [6, 6.07) is 10.8. The van der Waals surface area contributed by atoms with Gasteiger partial charge in [0.1, 0.15) is 23.2 Å². The third kappa shape index (κ3) is 4.02. The van der Waals surface area contributed by atoms with Crippen LogP contribution in [0.4, 0.5) is 0 Å². The van der Waals surface area contributed by atoms with Gasteiger partial charge in [0.15, 0.2) is 0 Å². The average Bonchev–Trinajstić information content (AvgIpc) is 2.62. The minimum atomic E-state index is -0.332. The summed E-state index contributed by atoms with van der Waals surface area (Å²) in [6.07, 6.45) is 1.54. The molecule has 0 atom stereocenters. The number of carbonyl (C=O) groups excluding carboxylic acids is 1. The molecule has 0 radical (unpaired) electrons. The Morgan fingerprint density at radius 2 is 1.72 bits per heavy atom. The molecule has 0 spiro atoms. The lowest BCUT2D eigenvalue weighted by atomic mass is 10.1. The first-order valence-electron chi connectivity index (χ1n) is 8.37. The molecule has 0 unspecified atom stereocenters. The van der Waals surface area contributed by atoms with Crippen molar-refractivity contribution >= 4 is 5.91 Å². The third-order valence-electron chi connectivity index (χ3n) is 4.38. The first-order valence-corrected chi connectivity index (χ1v) is 8.37. The molecule has 0 saturated carbocycles. The van der Waals surface area contributed by atoms with Crippen molar-refractivity contribution < 1.29 is 14.3 Å². The van der Waals surface area contributed by atoms with Crippen molar-refractivity contribution in [2.75, 3.05) is 20.2 Å². The van der Waals surface area contributed by atoms with Crippen LogP contribution in [0.2, 0.25) is 0 Å². The van der Waals surface area contributed by atoms with E-state index in [0.717, 1.165) is 30.0 Å². The Kier molecular flexibility index (Phi) is 5.07. The number of hydrogen-bond donors (Lipinski definition) is 1. The van der Waals surface area contributed by atoms with E-state index in [2.05, 4.69) is 4.98 Å². The van der Waals surface area contributed by atoms with Gasteiger partial charge < -0.3 is 19.4 Å². The van der Waals surface area contributed by atoms with Gasteiger partial charge in [-0.1, -0.05) is 0 Å². The molecule has 0 aliphatic carbocycles. The smallest absolute Gasteiger partial charge is 0.260 e. The second-order valence-corrected chi connectivity index (χ2v) is 6.17. The number of aryl methyl sites for hydroxylation is 1. The maximum absolute atomic E-state index is 12.5. The highest BCUT2D eigenvalue weighted by molar-refractivity contribution is 5.93. The molecule has 3 rings (SSSR count). The zero-order valence-electron chi connectivity index (χ0n) is 14.5. The number of aromatic nitrogens is 1. The number of H-pyrrole nitrogens is 1. The summed E-state index contributed by atoms with van der Waals surface area (Å²) < 4.78 is 11.1. The zero-order valence-corrected chi connectivity index (χ0v) is 14.5. The molecule has 0 bridgehead atoms. The molecule has 1 N–H and O–H groups in total. The number of piperidine rings is 1. The number of rotatable bonds is 4. The van der Waals surface area contributed by atoms with Crippen LogP contribution < -0.4 is 15.0 Å². The second-order valence-electron chi connectivity index (χ2n) is 6.17. The van der Waals surface area contributed by atoms with Gasteiger partial charge >= 0.3 is 0 Å². The van der Waals surface area contributed by atoms with E-state index in [9.17, 15) is 9.59 Å². The molecule has 1 fully saturated rings. The predicted molar refractivity (Wildman–Crippen MR) is 94.3 cm³/mol. The number of pyridine rings is 1. The summed E-state index contributed by atoms with van der Waals surface area (Å²) in [4.78, 5) is 28.9. The van der Waals surface area contributed by atoms with Gasteiger partial charge in [0.05, 0.1) is 7.11 Å². The SMILES string of the molecule is COc1ccc(OC2CCN(C(=O)c3ccc(C)[nH]c3=O)CC2)cc1. The van der Waals surface area contributed by atoms with E-state index in [1.165, 1.54) is 0 Å². The summed E-state index contributed by atoms with van der Waals surface area (Å²) in [5.41, 5.74) is 0.606. The minimum Gasteiger partial charge on any atom is -0.497 e. The van der Waals surface area contributed by atoms with Crippen LogP contribution >= 0.6 is 0 Å². The van der Waals surface area contributed by atoms with Crippen molar-refractivity contribution in [2.24, 2.45) is 0 Å². The fourth-order valence-electron chi connectivity index (χ4n) is 2.93. The molecule has 1 aromatic heterocycles. The van der Waals surface area contributed by atoms with Crippen molar-refractivity contribution in [3.8, 4) is 11.5 Å². The Morgan fingerprint density at radius 3 is 2.32 bits per heavy atom. The number of amides is 1. The molecule has 1 aliphatic rings. The van der Waals surface area contributed by atoms with Crippen LogP contribution in [-0.2, 0) is 0 Å². The van der Waals surface area contributed by atoms with E-state index in [0.29, 0.717) is 13.1 Å². The molecule has 1 saturated heterocycles. The number of likely N-dealkylation sites (tertiary alicyclic amines) is 1. The predicted octanol–water partition coefficient (Wildman–Crippen LogP) is 2.38. The van der Waals surface area contributed by atoms with Crippen LogP contribution in [0.25, 0.3) is 0 Å². The van der Waals surface area contributed by atoms with Gasteiger partial charge in [-0.2, -0.15) is 0 Å². The third-order valence-corrected chi connectivity index (χ3v) is 4.38. The van der Waals surface area contributed by atoms with Crippen LogP contribution in [0.1, 0.15) is 28.9 Å². The largest absolute Gasteiger partial charge is 0.497 e. The van der Waals surface area contributed by atoms with Gasteiger partial charge in [-0.3, -0.25) is 9.59 Å². The van der Waals surface area contributed by atoms with Gasteiger partial charge in [0, 0.05) is 31.6 Å². The normalized spacial score (nSPS) is 15.0. The fraction of sp³-hybridized carbons (Fsp3) is 0.368. The maximum Gasteiger partial charge on any atom is 0.260 e. The second kappa shape index (κ2) is 7.42. The molecule has 1 amide bonds. The van der Waals surface area contributed by atoms with E-state index in [4.69, 9.17) is 9.47 Å². The number of methoxy groups -OCH3 is 1. The molecule has 6 heteroatoms. The highest BCUT2D eigenvalue weighted by Crippen LogP contribution is 2.22. The molecule has 132 valence electrons. The van der Waals surface area contributed by atoms with Crippen LogP contribution in [0.5, 0.6) is 11.5 Å². The lowest BCUT2D eigenvalue weighted by molar-refractivity contribution is 0.0594. The van der Waals surface area contributed by atoms with E-state index >= 15 is 0 Å². The van der Waals surface area contributed by atoms with Crippen molar-refractivity contribution in [3.05, 3.63) is 58.0 Å². The molecule has 1 aromatic carbocycles. The van der Waals surface area contributed by atoms with E-state index < -0.39 is 0 Å². The molecule has 25 heavy (non-hydrogen) atoms. The number of ether oxygens (including phenoxy) is 2. The fourth-order valence-corrected chi connectivity index (χ4v) is 2.93. The Hall–Kier alpha value is -2.76. The van der Waals surface area contributed by atoms with E-state index in [-0.39, 0.29) is 23.1 Å². The van der Waals surface area contributed by atoms with Gasteiger partial charge in [0.25, 0.3) is 11.5 Å². The monoisotopic (exact) mass is 342 g/mol. The van der Waals surface area contributed by atoms with Crippen molar-refractivity contribution in [2.45, 2.75) is 25.9 Å². The number of carbonyl (C=O) groups is 1.